The number of aromatic carboxylic acids is 1. The Hall–Kier alpha value is -3.29. The van der Waals surface area contributed by atoms with Gasteiger partial charge in [0.05, 0.1) is 10.5 Å². The van der Waals surface area contributed by atoms with Crippen molar-refractivity contribution in [3.05, 3.63) is 69.5 Å². The zero-order chi connectivity index (χ0) is 16.1. The minimum atomic E-state index is -1.57. The molecule has 2 rings (SSSR count). The number of pyridine rings is 1. The van der Waals surface area contributed by atoms with Gasteiger partial charge in [-0.1, -0.05) is 12.1 Å². The summed E-state index contributed by atoms with van der Waals surface area (Å²) in [4.78, 5) is 37.0. The average Bonchev–Trinajstić information content (AvgIpc) is 2.52. The second-order valence-corrected chi connectivity index (χ2v) is 4.20. The highest BCUT2D eigenvalue weighted by atomic mass is 16.6. The van der Waals surface area contributed by atoms with Crippen molar-refractivity contribution in [2.45, 2.75) is 6.61 Å². The number of nitro benzene ring substituents is 1. The number of nitrogens with zero attached hydrogens (tertiary/aromatic N) is 2. The van der Waals surface area contributed by atoms with Gasteiger partial charge in [0, 0.05) is 24.0 Å². The Morgan fingerprint density at radius 2 is 2.05 bits per heavy atom. The summed E-state index contributed by atoms with van der Waals surface area (Å²) in [5, 5.41) is 20.0. The van der Waals surface area contributed by atoms with E-state index in [1.165, 1.54) is 18.3 Å². The van der Waals surface area contributed by atoms with E-state index < -0.39 is 28.1 Å². The van der Waals surface area contributed by atoms with Crippen LogP contribution in [0, 0.1) is 10.1 Å². The van der Waals surface area contributed by atoms with E-state index in [4.69, 9.17) is 9.84 Å². The number of esters is 1. The van der Waals surface area contributed by atoms with Gasteiger partial charge in [-0.2, -0.15) is 0 Å². The molecule has 0 bridgehead atoms. The molecule has 0 unspecified atom stereocenters. The van der Waals surface area contributed by atoms with Gasteiger partial charge in [-0.15, -0.1) is 0 Å². The lowest BCUT2D eigenvalue weighted by Gasteiger charge is -2.07. The number of carbonyl (C=O) groups excluding carboxylic acids is 1. The first-order chi connectivity index (χ1) is 10.5. The molecule has 8 heteroatoms. The summed E-state index contributed by atoms with van der Waals surface area (Å²) in [6.45, 7) is -0.117. The maximum Gasteiger partial charge on any atom is 0.343 e. The van der Waals surface area contributed by atoms with Crippen LogP contribution in [-0.4, -0.2) is 27.0 Å². The molecule has 1 heterocycles. The molecule has 1 N–H and O–H groups in total. The smallest absolute Gasteiger partial charge is 0.343 e. The van der Waals surface area contributed by atoms with Crippen LogP contribution in [0.3, 0.4) is 0 Å². The number of carboxylic acid groups (broad SMARTS) is 1. The molecule has 8 nitrogen and oxygen atoms in total. The molecule has 112 valence electrons. The predicted molar refractivity (Wildman–Crippen MR) is 73.4 cm³/mol. The van der Waals surface area contributed by atoms with E-state index in [0.717, 1.165) is 6.07 Å². The number of carbonyl (C=O) groups is 2. The Bertz CT molecular complexity index is 729. The molecule has 0 spiro atoms. The lowest BCUT2D eigenvalue weighted by molar-refractivity contribution is -0.385. The van der Waals surface area contributed by atoms with Crippen molar-refractivity contribution >= 4 is 17.6 Å². The first-order valence-corrected chi connectivity index (χ1v) is 6.07. The van der Waals surface area contributed by atoms with Crippen LogP contribution < -0.4 is 0 Å². The van der Waals surface area contributed by atoms with Crippen molar-refractivity contribution in [2.75, 3.05) is 0 Å². The lowest BCUT2D eigenvalue weighted by atomic mass is 10.1. The molecule has 1 aromatic carbocycles. The lowest BCUT2D eigenvalue weighted by Crippen LogP contribution is -2.13. The van der Waals surface area contributed by atoms with E-state index in [1.807, 2.05) is 0 Å². The van der Waals surface area contributed by atoms with Crippen LogP contribution in [0.1, 0.15) is 26.3 Å². The Kier molecular flexibility index (Phi) is 4.42. The first-order valence-electron chi connectivity index (χ1n) is 6.07. The molecule has 0 fully saturated rings. The minimum Gasteiger partial charge on any atom is -0.477 e. The Labute approximate surface area is 124 Å². The molecular weight excluding hydrogens is 292 g/mol. The standard InChI is InChI=1S/C14H10N2O6/c17-13(18)12-10(4-1-5-11(12)16(20)21)14(19)22-8-9-3-2-6-15-7-9/h1-7H,8H2,(H,17,18). The van der Waals surface area contributed by atoms with Crippen molar-refractivity contribution in [2.24, 2.45) is 0 Å². The van der Waals surface area contributed by atoms with Crippen LogP contribution in [-0.2, 0) is 11.3 Å². The summed E-state index contributed by atoms with van der Waals surface area (Å²) in [5.41, 5.74) is -1.12. The molecule has 0 aliphatic heterocycles. The van der Waals surface area contributed by atoms with Crippen molar-refractivity contribution in [3.63, 3.8) is 0 Å². The van der Waals surface area contributed by atoms with Gasteiger partial charge in [0.2, 0.25) is 0 Å². The monoisotopic (exact) mass is 302 g/mol. The normalized spacial score (nSPS) is 10.0. The van der Waals surface area contributed by atoms with Crippen LogP contribution in [0.25, 0.3) is 0 Å². The number of carboxylic acids is 1. The summed E-state index contributed by atoms with van der Waals surface area (Å²) < 4.78 is 4.97. The fourth-order valence-electron chi connectivity index (χ4n) is 1.80. The molecule has 0 saturated heterocycles. The largest absolute Gasteiger partial charge is 0.477 e. The van der Waals surface area contributed by atoms with Crippen LogP contribution in [0.15, 0.2) is 42.7 Å². The number of ether oxygens (including phenoxy) is 1. The van der Waals surface area contributed by atoms with Crippen molar-refractivity contribution in [3.8, 4) is 0 Å². The van der Waals surface area contributed by atoms with Gasteiger partial charge in [-0.25, -0.2) is 9.59 Å². The van der Waals surface area contributed by atoms with E-state index >= 15 is 0 Å². The summed E-state index contributed by atoms with van der Waals surface area (Å²) in [5.74, 6) is -2.52. The van der Waals surface area contributed by atoms with Crippen LogP contribution >= 0.6 is 0 Å². The summed E-state index contributed by atoms with van der Waals surface area (Å²) in [7, 11) is 0. The van der Waals surface area contributed by atoms with Gasteiger partial charge in [-0.3, -0.25) is 15.1 Å². The highest BCUT2D eigenvalue weighted by Crippen LogP contribution is 2.23. The van der Waals surface area contributed by atoms with Gasteiger partial charge in [0.1, 0.15) is 6.61 Å². The van der Waals surface area contributed by atoms with Crippen LogP contribution in [0.2, 0.25) is 0 Å². The fraction of sp³-hybridized carbons (Fsp3) is 0.0714. The fourth-order valence-corrected chi connectivity index (χ4v) is 1.80. The number of benzene rings is 1. The number of nitro groups is 1. The highest BCUT2D eigenvalue weighted by Gasteiger charge is 2.27. The minimum absolute atomic E-state index is 0.117. The zero-order valence-electron chi connectivity index (χ0n) is 11.1. The van der Waals surface area contributed by atoms with E-state index in [2.05, 4.69) is 4.98 Å². The van der Waals surface area contributed by atoms with Gasteiger partial charge in [0.25, 0.3) is 5.69 Å². The molecule has 0 radical (unpaired) electrons. The number of aromatic nitrogens is 1. The molecule has 2 aromatic rings. The number of hydrogen-bond acceptors (Lipinski definition) is 6. The zero-order valence-corrected chi connectivity index (χ0v) is 11.1. The summed E-state index contributed by atoms with van der Waals surface area (Å²) in [6, 6.07) is 6.74. The Morgan fingerprint density at radius 3 is 2.64 bits per heavy atom. The summed E-state index contributed by atoms with van der Waals surface area (Å²) >= 11 is 0. The first kappa shape index (κ1) is 15.1. The van der Waals surface area contributed by atoms with Crippen molar-refractivity contribution < 1.29 is 24.4 Å². The van der Waals surface area contributed by atoms with Gasteiger partial charge < -0.3 is 9.84 Å². The maximum atomic E-state index is 12.0. The molecule has 0 amide bonds. The predicted octanol–water partition coefficient (Wildman–Crippen LogP) is 2.04. The van der Waals surface area contributed by atoms with Gasteiger partial charge in [-0.05, 0) is 12.1 Å². The maximum absolute atomic E-state index is 12.0. The third-order valence-corrected chi connectivity index (χ3v) is 2.77. The topological polar surface area (TPSA) is 120 Å². The molecule has 0 aliphatic rings. The Balaban J connectivity index is 2.28. The van der Waals surface area contributed by atoms with E-state index in [9.17, 15) is 19.7 Å². The van der Waals surface area contributed by atoms with E-state index in [0.29, 0.717) is 5.56 Å². The quantitative estimate of drug-likeness (QED) is 0.509. The SMILES string of the molecule is O=C(OCc1cccnc1)c1cccc([N+](=O)[O-])c1C(=O)O. The van der Waals surface area contributed by atoms with E-state index in [1.54, 1.807) is 18.3 Å². The average molecular weight is 302 g/mol. The van der Waals surface area contributed by atoms with E-state index in [-0.39, 0.29) is 12.2 Å². The second kappa shape index (κ2) is 6.44. The molecular formula is C14H10N2O6. The second-order valence-electron chi connectivity index (χ2n) is 4.20. The molecule has 0 aliphatic carbocycles. The third-order valence-electron chi connectivity index (χ3n) is 2.77. The molecule has 1 aromatic heterocycles. The molecule has 0 saturated carbocycles. The van der Waals surface area contributed by atoms with Gasteiger partial charge >= 0.3 is 11.9 Å². The van der Waals surface area contributed by atoms with Crippen molar-refractivity contribution in [1.29, 1.82) is 0 Å². The Morgan fingerprint density at radius 1 is 1.27 bits per heavy atom. The van der Waals surface area contributed by atoms with Crippen molar-refractivity contribution in [1.82, 2.24) is 4.98 Å². The van der Waals surface area contributed by atoms with Gasteiger partial charge in [0.15, 0.2) is 5.56 Å². The third kappa shape index (κ3) is 3.23. The molecule has 0 atom stereocenters. The number of hydrogen-bond donors (Lipinski definition) is 1. The summed E-state index contributed by atoms with van der Waals surface area (Å²) in [6.07, 6.45) is 3.03. The number of rotatable bonds is 5. The van der Waals surface area contributed by atoms with Crippen LogP contribution in [0.4, 0.5) is 5.69 Å². The molecule has 22 heavy (non-hydrogen) atoms. The highest BCUT2D eigenvalue weighted by molar-refractivity contribution is 6.05. The van der Waals surface area contributed by atoms with Crippen LogP contribution in [0.5, 0.6) is 0 Å².